The molecule has 0 atom stereocenters. The Hall–Kier alpha value is -0.620. The van der Waals surface area contributed by atoms with Crippen LogP contribution in [-0.2, 0) is 9.84 Å². The fraction of sp³-hybridized carbons (Fsp3) is 0.444. The Balaban J connectivity index is 2.38. The number of nitrogens with two attached hydrogens (primary N) is 1. The van der Waals surface area contributed by atoms with Crippen molar-refractivity contribution < 1.29 is 8.42 Å². The summed E-state index contributed by atoms with van der Waals surface area (Å²) in [4.78, 5) is 3.97. The lowest BCUT2D eigenvalue weighted by molar-refractivity contribution is 0.592. The average molecular weight is 291 g/mol. The highest BCUT2D eigenvalue weighted by Gasteiger charge is 2.30. The molecule has 0 bridgehead atoms. The number of pyridine rings is 1. The van der Waals surface area contributed by atoms with Gasteiger partial charge in [-0.3, -0.25) is 0 Å². The molecule has 0 radical (unpaired) electrons. The molecule has 15 heavy (non-hydrogen) atoms. The lowest BCUT2D eigenvalue weighted by Crippen LogP contribution is -2.11. The summed E-state index contributed by atoms with van der Waals surface area (Å²) in [6.45, 7) is 0. The van der Waals surface area contributed by atoms with Crippen LogP contribution in [-0.4, -0.2) is 19.2 Å². The highest BCUT2D eigenvalue weighted by molar-refractivity contribution is 9.10. The summed E-state index contributed by atoms with van der Waals surface area (Å²) in [5.41, 5.74) is 5.56. The largest absolute Gasteiger partial charge is 0.383 e. The number of nitrogen functional groups attached to an aromatic ring is 1. The van der Waals surface area contributed by atoms with Crippen molar-refractivity contribution in [3.05, 3.63) is 16.7 Å². The highest BCUT2D eigenvalue weighted by Crippen LogP contribution is 2.33. The van der Waals surface area contributed by atoms with Crippen molar-refractivity contribution in [2.75, 3.05) is 11.5 Å². The molecule has 0 aliphatic heterocycles. The third kappa shape index (κ3) is 2.49. The van der Waals surface area contributed by atoms with Gasteiger partial charge in [-0.25, -0.2) is 13.4 Å². The molecule has 0 unspecified atom stereocenters. The van der Waals surface area contributed by atoms with E-state index < -0.39 is 9.84 Å². The van der Waals surface area contributed by atoms with Crippen molar-refractivity contribution in [2.24, 2.45) is 5.92 Å². The van der Waals surface area contributed by atoms with E-state index in [4.69, 9.17) is 5.73 Å². The number of aromatic nitrogens is 1. The number of nitrogens with zero attached hydrogens (tertiary/aromatic N) is 1. The van der Waals surface area contributed by atoms with Gasteiger partial charge < -0.3 is 5.73 Å². The van der Waals surface area contributed by atoms with Gasteiger partial charge in [0, 0.05) is 10.7 Å². The summed E-state index contributed by atoms with van der Waals surface area (Å²) in [6.07, 6.45) is 3.49. The van der Waals surface area contributed by atoms with E-state index in [1.54, 1.807) is 0 Å². The van der Waals surface area contributed by atoms with Gasteiger partial charge >= 0.3 is 0 Å². The summed E-state index contributed by atoms with van der Waals surface area (Å²) >= 11 is 3.19. The van der Waals surface area contributed by atoms with Crippen LogP contribution in [0.25, 0.3) is 0 Å². The second-order valence-electron chi connectivity index (χ2n) is 3.76. The van der Waals surface area contributed by atoms with Crippen molar-refractivity contribution >= 4 is 31.6 Å². The molecule has 1 aliphatic carbocycles. The van der Waals surface area contributed by atoms with Crippen molar-refractivity contribution in [1.82, 2.24) is 4.98 Å². The maximum atomic E-state index is 11.9. The van der Waals surface area contributed by atoms with Crippen LogP contribution in [0.4, 0.5) is 5.82 Å². The van der Waals surface area contributed by atoms with Crippen molar-refractivity contribution in [1.29, 1.82) is 0 Å². The maximum absolute atomic E-state index is 11.9. The quantitative estimate of drug-likeness (QED) is 0.918. The molecule has 0 saturated heterocycles. The summed E-state index contributed by atoms with van der Waals surface area (Å²) in [5, 5.41) is 0. The number of sulfone groups is 1. The first-order valence-corrected chi connectivity index (χ1v) is 7.07. The SMILES string of the molecule is Nc1ncc(Br)cc1S(=O)(=O)CC1CC1. The molecule has 1 heterocycles. The predicted octanol–water partition coefficient (Wildman–Crippen LogP) is 1.61. The van der Waals surface area contributed by atoms with Crippen molar-refractivity contribution in [3.63, 3.8) is 0 Å². The van der Waals surface area contributed by atoms with E-state index in [0.29, 0.717) is 10.4 Å². The third-order valence-corrected chi connectivity index (χ3v) is 4.68. The Morgan fingerprint density at radius 1 is 1.53 bits per heavy atom. The minimum atomic E-state index is -3.27. The minimum absolute atomic E-state index is 0.0823. The Labute approximate surface area is 96.9 Å². The predicted molar refractivity (Wildman–Crippen MR) is 61.1 cm³/mol. The topological polar surface area (TPSA) is 73.0 Å². The van der Waals surface area contributed by atoms with Gasteiger partial charge in [-0.1, -0.05) is 0 Å². The van der Waals surface area contributed by atoms with Crippen LogP contribution < -0.4 is 5.73 Å². The lowest BCUT2D eigenvalue weighted by atomic mass is 10.5. The van der Waals surface area contributed by atoms with Gasteiger partial charge in [0.25, 0.3) is 0 Å². The lowest BCUT2D eigenvalue weighted by Gasteiger charge is -2.06. The number of hydrogen-bond acceptors (Lipinski definition) is 4. The number of anilines is 1. The van der Waals surface area contributed by atoms with Crippen LogP contribution in [0.2, 0.25) is 0 Å². The van der Waals surface area contributed by atoms with Crippen LogP contribution in [0.1, 0.15) is 12.8 Å². The smallest absolute Gasteiger partial charge is 0.182 e. The molecule has 1 aliphatic rings. The fourth-order valence-electron chi connectivity index (χ4n) is 1.36. The van der Waals surface area contributed by atoms with E-state index in [9.17, 15) is 8.42 Å². The molecule has 1 aromatic heterocycles. The van der Waals surface area contributed by atoms with Gasteiger partial charge in [0.05, 0.1) is 5.75 Å². The normalized spacial score (nSPS) is 16.6. The average Bonchev–Trinajstić information content (AvgIpc) is 2.92. The molecule has 1 fully saturated rings. The Bertz CT molecular complexity index is 483. The first kappa shape index (κ1) is 10.9. The molecule has 2 N–H and O–H groups in total. The van der Waals surface area contributed by atoms with Crippen molar-refractivity contribution in [2.45, 2.75) is 17.7 Å². The second kappa shape index (κ2) is 3.75. The highest BCUT2D eigenvalue weighted by atomic mass is 79.9. The standard InChI is InChI=1S/C9H11BrN2O2S/c10-7-3-8(9(11)12-4-7)15(13,14)5-6-1-2-6/h3-4,6H,1-2,5H2,(H2,11,12). The molecule has 0 aromatic carbocycles. The van der Waals surface area contributed by atoms with Gasteiger partial charge in [0.2, 0.25) is 0 Å². The monoisotopic (exact) mass is 290 g/mol. The van der Waals surface area contributed by atoms with Gasteiger partial charge in [-0.05, 0) is 40.8 Å². The van der Waals surface area contributed by atoms with Gasteiger partial charge in [-0.2, -0.15) is 0 Å². The van der Waals surface area contributed by atoms with E-state index in [-0.39, 0.29) is 16.5 Å². The molecule has 2 rings (SSSR count). The molecular weight excluding hydrogens is 280 g/mol. The summed E-state index contributed by atoms with van der Waals surface area (Å²) in [7, 11) is -3.27. The van der Waals surface area contributed by atoms with Crippen molar-refractivity contribution in [3.8, 4) is 0 Å². The van der Waals surface area contributed by atoms with Crippen LogP contribution in [0.3, 0.4) is 0 Å². The summed E-state index contributed by atoms with van der Waals surface area (Å²) in [6, 6.07) is 1.51. The minimum Gasteiger partial charge on any atom is -0.383 e. The van der Waals surface area contributed by atoms with Gasteiger partial charge in [0.15, 0.2) is 9.84 Å². The zero-order valence-corrected chi connectivity index (χ0v) is 10.4. The van der Waals surface area contributed by atoms with Crippen LogP contribution in [0.5, 0.6) is 0 Å². The molecule has 4 nitrogen and oxygen atoms in total. The zero-order valence-electron chi connectivity index (χ0n) is 7.98. The molecule has 6 heteroatoms. The van der Waals surface area contributed by atoms with Gasteiger partial charge in [-0.15, -0.1) is 0 Å². The molecule has 82 valence electrons. The zero-order chi connectivity index (χ0) is 11.1. The molecule has 0 amide bonds. The Kier molecular flexibility index (Phi) is 2.72. The molecule has 1 saturated carbocycles. The molecule has 1 aromatic rings. The summed E-state index contributed by atoms with van der Waals surface area (Å²) < 4.78 is 24.5. The Morgan fingerprint density at radius 2 is 2.20 bits per heavy atom. The van der Waals surface area contributed by atoms with Gasteiger partial charge in [0.1, 0.15) is 10.7 Å². The summed E-state index contributed by atoms with van der Waals surface area (Å²) in [5.74, 6) is 0.585. The molecule has 0 spiro atoms. The second-order valence-corrected chi connectivity index (χ2v) is 6.68. The number of halogens is 1. The Morgan fingerprint density at radius 3 is 2.80 bits per heavy atom. The van der Waals surface area contributed by atoms with E-state index in [0.717, 1.165) is 12.8 Å². The fourth-order valence-corrected chi connectivity index (χ4v) is 3.66. The third-order valence-electron chi connectivity index (χ3n) is 2.34. The van der Waals surface area contributed by atoms with Crippen LogP contribution >= 0.6 is 15.9 Å². The van der Waals surface area contributed by atoms with Crippen LogP contribution in [0, 0.1) is 5.92 Å². The first-order chi connectivity index (χ1) is 6.99. The number of rotatable bonds is 3. The van der Waals surface area contributed by atoms with Crippen LogP contribution in [0.15, 0.2) is 21.6 Å². The first-order valence-electron chi connectivity index (χ1n) is 4.63. The maximum Gasteiger partial charge on any atom is 0.182 e. The van der Waals surface area contributed by atoms with E-state index in [1.807, 2.05) is 0 Å². The van der Waals surface area contributed by atoms with E-state index in [2.05, 4.69) is 20.9 Å². The van der Waals surface area contributed by atoms with E-state index >= 15 is 0 Å². The molecular formula is C9H11BrN2O2S. The van der Waals surface area contributed by atoms with E-state index in [1.165, 1.54) is 12.3 Å². The number of hydrogen-bond donors (Lipinski definition) is 1.